The van der Waals surface area contributed by atoms with E-state index >= 15 is 0 Å². The van der Waals surface area contributed by atoms with Crippen molar-refractivity contribution >= 4 is 22.3 Å². The molecule has 2 saturated heterocycles. The van der Waals surface area contributed by atoms with Gasteiger partial charge in [-0.3, -0.25) is 4.90 Å². The number of hydrogen-bond donors (Lipinski definition) is 2. The Morgan fingerprint density at radius 2 is 1.98 bits per heavy atom. The van der Waals surface area contributed by atoms with Crippen molar-refractivity contribution in [2.45, 2.75) is 69.1 Å². The summed E-state index contributed by atoms with van der Waals surface area (Å²) in [5.74, 6) is 1.09. The van der Waals surface area contributed by atoms with Gasteiger partial charge in [0.1, 0.15) is 23.3 Å². The second kappa shape index (κ2) is 11.2. The summed E-state index contributed by atoms with van der Waals surface area (Å²) in [6, 6.07) is 11.0. The second-order valence-corrected chi connectivity index (χ2v) is 14.7. The number of β-amino-alcohol motifs (C(OH)–C–C–N with tert-alkyl or cyclic N) is 1. The zero-order valence-corrected chi connectivity index (χ0v) is 27.3. The summed E-state index contributed by atoms with van der Waals surface area (Å²) in [5.41, 5.74) is 8.17. The number of aryl methyl sites for hydroxylation is 1. The number of aliphatic hydroxyl groups is 1. The van der Waals surface area contributed by atoms with Crippen molar-refractivity contribution < 1.29 is 19.1 Å². The van der Waals surface area contributed by atoms with E-state index in [9.17, 15) is 10.4 Å². The molecule has 4 aliphatic rings. The highest BCUT2D eigenvalue weighted by atomic mass is 32.1. The normalized spacial score (nSPS) is 27.1. The minimum atomic E-state index is -1.10. The van der Waals surface area contributed by atoms with Gasteiger partial charge in [0, 0.05) is 23.5 Å². The largest absolute Gasteiger partial charge is 0.461 e. The number of nitriles is 1. The molecule has 2 fully saturated rings. The average Bonchev–Trinajstić information content (AvgIpc) is 3.81. The molecule has 4 aromatic rings. The van der Waals surface area contributed by atoms with Crippen molar-refractivity contribution in [1.82, 2.24) is 30.0 Å². The third-order valence-corrected chi connectivity index (χ3v) is 11.2. The van der Waals surface area contributed by atoms with Gasteiger partial charge in [0.25, 0.3) is 0 Å². The lowest BCUT2D eigenvalue weighted by molar-refractivity contribution is -0.0123. The van der Waals surface area contributed by atoms with Gasteiger partial charge in [-0.25, -0.2) is 0 Å². The zero-order chi connectivity index (χ0) is 32.4. The van der Waals surface area contributed by atoms with Crippen LogP contribution in [-0.2, 0) is 28.7 Å². The topological polar surface area (TPSA) is 173 Å². The predicted octanol–water partition coefficient (Wildman–Crippen LogP) is 3.55. The number of ether oxygens (including phenoxy) is 2. The Balaban J connectivity index is 1.17. The number of hydrogen-bond acceptors (Lipinski definition) is 14. The lowest BCUT2D eigenvalue weighted by Crippen LogP contribution is -2.42. The number of nitrogens with two attached hydrogens (primary N) is 1. The van der Waals surface area contributed by atoms with Crippen LogP contribution in [0, 0.1) is 11.3 Å². The fourth-order valence-corrected chi connectivity index (χ4v) is 9.08. The lowest BCUT2D eigenvalue weighted by atomic mass is 9.72. The Morgan fingerprint density at radius 1 is 1.11 bits per heavy atom. The molecule has 3 atom stereocenters. The van der Waals surface area contributed by atoms with Crippen LogP contribution in [0.5, 0.6) is 6.01 Å². The molecule has 0 saturated carbocycles. The van der Waals surface area contributed by atoms with E-state index in [4.69, 9.17) is 39.7 Å². The number of aromatic nitrogens is 5. The molecule has 13 nitrogen and oxygen atoms in total. The minimum absolute atomic E-state index is 0.148. The summed E-state index contributed by atoms with van der Waals surface area (Å²) in [4.78, 5) is 24.5. The molecule has 244 valence electrons. The quantitative estimate of drug-likeness (QED) is 0.309. The molecule has 3 aromatic heterocycles. The van der Waals surface area contributed by atoms with Crippen LogP contribution in [0.1, 0.15) is 72.6 Å². The predicted molar refractivity (Wildman–Crippen MR) is 173 cm³/mol. The summed E-state index contributed by atoms with van der Waals surface area (Å²) in [5, 5.41) is 25.7. The van der Waals surface area contributed by atoms with Crippen molar-refractivity contribution in [2.24, 2.45) is 0 Å². The average molecular weight is 656 g/mol. The van der Waals surface area contributed by atoms with E-state index in [1.165, 1.54) is 22.5 Å². The van der Waals surface area contributed by atoms with Crippen molar-refractivity contribution in [3.05, 3.63) is 57.3 Å². The highest BCUT2D eigenvalue weighted by Gasteiger charge is 2.49. The van der Waals surface area contributed by atoms with Crippen molar-refractivity contribution in [2.75, 3.05) is 50.1 Å². The van der Waals surface area contributed by atoms with Crippen LogP contribution in [0.3, 0.4) is 0 Å². The van der Waals surface area contributed by atoms with E-state index in [1.807, 2.05) is 11.8 Å². The standard InChI is InChI=1S/C33H37N9O4S/c1-31(43)17-41(13-14-44-18-31)29-37-26(27-36-28(46-40-27)32(2)10-5-9-23-24(32)21(15-34)25(35)47-23)38-30(39-29)45-19-33-11-6-12-42(33)16-20-7-3-4-8-22(20)33/h3-4,7-8,43H,5-6,9-14,16-19,35H2,1-2H3/t31-,32-,33-/m0/s1. The molecule has 3 N–H and O–H groups in total. The number of benzene rings is 1. The molecule has 8 rings (SSSR count). The first-order valence-corrected chi connectivity index (χ1v) is 16.9. The molecule has 1 aromatic carbocycles. The van der Waals surface area contributed by atoms with Gasteiger partial charge < -0.3 is 29.7 Å². The van der Waals surface area contributed by atoms with E-state index in [0.717, 1.165) is 55.6 Å². The van der Waals surface area contributed by atoms with Gasteiger partial charge in [0.05, 0.1) is 36.3 Å². The monoisotopic (exact) mass is 655 g/mol. The van der Waals surface area contributed by atoms with E-state index in [0.29, 0.717) is 42.2 Å². The van der Waals surface area contributed by atoms with Gasteiger partial charge in [-0.15, -0.1) is 11.3 Å². The molecule has 0 unspecified atom stereocenters. The van der Waals surface area contributed by atoms with Crippen LogP contribution in [0.15, 0.2) is 28.8 Å². The Bertz CT molecular complexity index is 1890. The first kappa shape index (κ1) is 30.2. The molecule has 0 radical (unpaired) electrons. The molecule has 0 amide bonds. The lowest BCUT2D eigenvalue weighted by Gasteiger charge is -2.32. The molecular formula is C33H37N9O4S. The fourth-order valence-electron chi connectivity index (χ4n) is 7.89. The van der Waals surface area contributed by atoms with Crippen molar-refractivity contribution in [3.63, 3.8) is 0 Å². The second-order valence-electron chi connectivity index (χ2n) is 13.6. The van der Waals surface area contributed by atoms with E-state index in [1.54, 1.807) is 6.92 Å². The third kappa shape index (κ3) is 5.04. The molecular weight excluding hydrogens is 618 g/mol. The molecule has 0 spiro atoms. The Hall–Kier alpha value is -4.16. The Morgan fingerprint density at radius 3 is 2.85 bits per heavy atom. The minimum Gasteiger partial charge on any atom is -0.461 e. The molecule has 3 aliphatic heterocycles. The van der Waals surface area contributed by atoms with Crippen LogP contribution in [0.2, 0.25) is 0 Å². The first-order valence-electron chi connectivity index (χ1n) is 16.1. The van der Waals surface area contributed by atoms with Crippen LogP contribution < -0.4 is 15.4 Å². The van der Waals surface area contributed by atoms with Gasteiger partial charge in [-0.2, -0.15) is 25.2 Å². The zero-order valence-electron chi connectivity index (χ0n) is 26.5. The third-order valence-electron chi connectivity index (χ3n) is 10.1. The summed E-state index contributed by atoms with van der Waals surface area (Å²) in [6.45, 7) is 7.36. The van der Waals surface area contributed by atoms with Crippen molar-refractivity contribution in [1.29, 1.82) is 5.26 Å². The fraction of sp³-hybridized carbons (Fsp3) is 0.515. The maximum absolute atomic E-state index is 10.9. The number of nitrogens with zero attached hydrogens (tertiary/aromatic N) is 8. The van der Waals surface area contributed by atoms with Crippen molar-refractivity contribution in [3.8, 4) is 23.7 Å². The Kier molecular flexibility index (Phi) is 7.21. The summed E-state index contributed by atoms with van der Waals surface area (Å²) < 4.78 is 18.1. The maximum atomic E-state index is 10.9. The Labute approximate surface area is 276 Å². The van der Waals surface area contributed by atoms with E-state index in [2.05, 4.69) is 40.4 Å². The number of nitrogen functional groups attached to an aromatic ring is 1. The molecule has 47 heavy (non-hydrogen) atoms. The smallest absolute Gasteiger partial charge is 0.321 e. The van der Waals surface area contributed by atoms with Gasteiger partial charge in [-0.1, -0.05) is 29.4 Å². The van der Waals surface area contributed by atoms with Gasteiger partial charge in [0.2, 0.25) is 23.5 Å². The van der Waals surface area contributed by atoms with Gasteiger partial charge in [-0.05, 0) is 63.6 Å². The highest BCUT2D eigenvalue weighted by Crippen LogP contribution is 2.49. The SMILES string of the molecule is C[C@@]1(O)COCCN(c2nc(OC[C@]34CCCN3Cc3ccccc34)nc(-c3noc([C@@]4(C)CCCc5sc(N)c(C#N)c54)n3)n2)C1. The van der Waals surface area contributed by atoms with Crippen LogP contribution in [-0.4, -0.2) is 80.2 Å². The summed E-state index contributed by atoms with van der Waals surface area (Å²) in [7, 11) is 0. The molecule has 6 heterocycles. The number of thiophene rings is 1. The van der Waals surface area contributed by atoms with E-state index < -0.39 is 11.0 Å². The highest BCUT2D eigenvalue weighted by molar-refractivity contribution is 7.16. The van der Waals surface area contributed by atoms with Gasteiger partial charge in [0.15, 0.2) is 0 Å². The van der Waals surface area contributed by atoms with Gasteiger partial charge >= 0.3 is 6.01 Å². The summed E-state index contributed by atoms with van der Waals surface area (Å²) >= 11 is 1.46. The van der Waals surface area contributed by atoms with E-state index in [-0.39, 0.29) is 36.3 Å². The molecule has 1 aliphatic carbocycles. The first-order chi connectivity index (χ1) is 22.7. The number of anilines is 2. The number of rotatable bonds is 6. The maximum Gasteiger partial charge on any atom is 0.321 e. The molecule has 0 bridgehead atoms. The van der Waals surface area contributed by atoms with Crippen LogP contribution >= 0.6 is 11.3 Å². The summed E-state index contributed by atoms with van der Waals surface area (Å²) in [6.07, 6.45) is 4.55. The van der Waals surface area contributed by atoms with Crippen LogP contribution in [0.25, 0.3) is 11.6 Å². The molecule has 14 heteroatoms. The van der Waals surface area contributed by atoms with Crippen LogP contribution in [0.4, 0.5) is 10.9 Å². The number of fused-ring (bicyclic) bond motifs is 4.